The van der Waals surface area contributed by atoms with Crippen LogP contribution in [0.2, 0.25) is 0 Å². The van der Waals surface area contributed by atoms with Crippen LogP contribution in [0.1, 0.15) is 10.4 Å². The van der Waals surface area contributed by atoms with Crippen molar-refractivity contribution >= 4 is 45.3 Å². The van der Waals surface area contributed by atoms with Crippen LogP contribution in [0.25, 0.3) is 33.5 Å². The molecule has 0 saturated heterocycles. The number of fused-ring (bicyclic) bond motifs is 1. The fourth-order valence-corrected chi connectivity index (χ4v) is 3.75. The van der Waals surface area contributed by atoms with Crippen LogP contribution in [0.5, 0.6) is 0 Å². The van der Waals surface area contributed by atoms with Crippen LogP contribution in [0.4, 0.5) is 5.82 Å². The predicted molar refractivity (Wildman–Crippen MR) is 135 cm³/mol. The van der Waals surface area contributed by atoms with E-state index in [0.29, 0.717) is 16.9 Å². The standard InChI is InChI=1S/C26H17IN4O/c27-20-12-14-23(28-16-20)31-26(32)19-11-13-21-22(15-19)30-25(18-9-5-2-6-10-18)24(29-21)17-7-3-1-4-8-17/h1-16H,(H,28,31,32). The summed E-state index contributed by atoms with van der Waals surface area (Å²) in [6.07, 6.45) is 1.71. The van der Waals surface area contributed by atoms with E-state index in [9.17, 15) is 4.79 Å². The Morgan fingerprint density at radius 2 is 1.34 bits per heavy atom. The lowest BCUT2D eigenvalue weighted by atomic mass is 10.0. The van der Waals surface area contributed by atoms with Crippen LogP contribution in [0.15, 0.2) is 97.2 Å². The van der Waals surface area contributed by atoms with Crippen LogP contribution in [-0.2, 0) is 0 Å². The van der Waals surface area contributed by atoms with E-state index in [-0.39, 0.29) is 5.91 Å². The third-order valence-electron chi connectivity index (χ3n) is 4.99. The topological polar surface area (TPSA) is 67.8 Å². The van der Waals surface area contributed by atoms with Crippen molar-refractivity contribution in [2.75, 3.05) is 5.32 Å². The van der Waals surface area contributed by atoms with Gasteiger partial charge in [0.05, 0.1) is 22.4 Å². The number of hydrogen-bond donors (Lipinski definition) is 1. The molecule has 2 aromatic heterocycles. The van der Waals surface area contributed by atoms with Crippen molar-refractivity contribution in [3.8, 4) is 22.5 Å². The maximum Gasteiger partial charge on any atom is 0.256 e. The van der Waals surface area contributed by atoms with E-state index in [1.807, 2.05) is 72.8 Å². The minimum absolute atomic E-state index is 0.240. The lowest BCUT2D eigenvalue weighted by Gasteiger charge is -2.11. The number of aromatic nitrogens is 3. The Kier molecular flexibility index (Phi) is 5.60. The first-order valence-corrected chi connectivity index (χ1v) is 11.1. The zero-order valence-electron chi connectivity index (χ0n) is 16.9. The Balaban J connectivity index is 1.59. The second kappa shape index (κ2) is 8.84. The van der Waals surface area contributed by atoms with Crippen molar-refractivity contribution < 1.29 is 4.79 Å². The zero-order valence-corrected chi connectivity index (χ0v) is 19.0. The number of rotatable bonds is 4. The molecular formula is C26H17IN4O. The molecule has 3 aromatic carbocycles. The summed E-state index contributed by atoms with van der Waals surface area (Å²) in [6, 6.07) is 29.0. The first-order valence-electron chi connectivity index (χ1n) is 10.0. The largest absolute Gasteiger partial charge is 0.307 e. The first kappa shape index (κ1) is 20.3. The van der Waals surface area contributed by atoms with E-state index in [2.05, 4.69) is 32.9 Å². The number of benzene rings is 3. The summed E-state index contributed by atoms with van der Waals surface area (Å²) in [5.41, 5.74) is 5.44. The molecule has 32 heavy (non-hydrogen) atoms. The highest BCUT2D eigenvalue weighted by molar-refractivity contribution is 14.1. The van der Waals surface area contributed by atoms with Gasteiger partial charge in [0, 0.05) is 26.5 Å². The van der Waals surface area contributed by atoms with Crippen LogP contribution >= 0.6 is 22.6 Å². The van der Waals surface area contributed by atoms with Crippen LogP contribution < -0.4 is 5.32 Å². The number of carbonyl (C=O) groups excluding carboxylic acids is 1. The van der Waals surface area contributed by atoms with E-state index in [1.165, 1.54) is 0 Å². The van der Waals surface area contributed by atoms with Crippen molar-refractivity contribution in [3.63, 3.8) is 0 Å². The molecular weight excluding hydrogens is 511 g/mol. The minimum Gasteiger partial charge on any atom is -0.307 e. The van der Waals surface area contributed by atoms with Gasteiger partial charge < -0.3 is 5.32 Å². The molecule has 5 nitrogen and oxygen atoms in total. The van der Waals surface area contributed by atoms with Crippen molar-refractivity contribution in [1.82, 2.24) is 15.0 Å². The van der Waals surface area contributed by atoms with Gasteiger partial charge in [-0.2, -0.15) is 0 Å². The van der Waals surface area contributed by atoms with Crippen molar-refractivity contribution in [2.24, 2.45) is 0 Å². The second-order valence-corrected chi connectivity index (χ2v) is 8.42. The average Bonchev–Trinajstić information content (AvgIpc) is 2.85. The van der Waals surface area contributed by atoms with Crippen molar-refractivity contribution in [3.05, 3.63) is 106 Å². The number of halogens is 1. The van der Waals surface area contributed by atoms with Gasteiger partial charge in [-0.1, -0.05) is 60.7 Å². The molecule has 0 aliphatic carbocycles. The van der Waals surface area contributed by atoms with Gasteiger partial charge in [-0.05, 0) is 52.9 Å². The third-order valence-corrected chi connectivity index (χ3v) is 5.63. The molecule has 0 saturated carbocycles. The molecule has 0 atom stereocenters. The Labute approximate surface area is 198 Å². The lowest BCUT2D eigenvalue weighted by molar-refractivity contribution is 0.102. The Hall–Kier alpha value is -3.65. The van der Waals surface area contributed by atoms with Crippen molar-refractivity contribution in [1.29, 1.82) is 0 Å². The fourth-order valence-electron chi connectivity index (χ4n) is 3.43. The van der Waals surface area contributed by atoms with Gasteiger partial charge >= 0.3 is 0 Å². The normalized spacial score (nSPS) is 10.8. The number of pyridine rings is 1. The van der Waals surface area contributed by atoms with E-state index in [4.69, 9.17) is 9.97 Å². The van der Waals surface area contributed by atoms with E-state index in [0.717, 1.165) is 31.6 Å². The first-order chi connectivity index (χ1) is 15.7. The Bertz CT molecular complexity index is 1410. The highest BCUT2D eigenvalue weighted by Crippen LogP contribution is 2.31. The van der Waals surface area contributed by atoms with Crippen LogP contribution in [-0.4, -0.2) is 20.9 Å². The molecule has 5 aromatic rings. The molecule has 0 bridgehead atoms. The van der Waals surface area contributed by atoms with Gasteiger partial charge in [0.15, 0.2) is 0 Å². The van der Waals surface area contributed by atoms with E-state index < -0.39 is 0 Å². The fraction of sp³-hybridized carbons (Fsp3) is 0. The SMILES string of the molecule is O=C(Nc1ccc(I)cn1)c1ccc2nc(-c3ccccc3)c(-c3ccccc3)nc2c1. The number of nitrogens with zero attached hydrogens (tertiary/aromatic N) is 3. The molecule has 5 rings (SSSR count). The average molecular weight is 528 g/mol. The highest BCUT2D eigenvalue weighted by Gasteiger charge is 2.15. The summed E-state index contributed by atoms with van der Waals surface area (Å²) in [5.74, 6) is 0.266. The zero-order chi connectivity index (χ0) is 21.9. The second-order valence-electron chi connectivity index (χ2n) is 7.17. The maximum atomic E-state index is 12.8. The van der Waals surface area contributed by atoms with Gasteiger partial charge in [-0.25, -0.2) is 15.0 Å². The summed E-state index contributed by atoms with van der Waals surface area (Å²) in [4.78, 5) is 26.9. The van der Waals surface area contributed by atoms with Crippen molar-refractivity contribution in [2.45, 2.75) is 0 Å². The van der Waals surface area contributed by atoms with Gasteiger partial charge in [0.1, 0.15) is 5.82 Å². The van der Waals surface area contributed by atoms with Gasteiger partial charge in [0.25, 0.3) is 5.91 Å². The predicted octanol–water partition coefficient (Wildman–Crippen LogP) is 6.22. The molecule has 154 valence electrons. The summed E-state index contributed by atoms with van der Waals surface area (Å²) < 4.78 is 1.00. The molecule has 0 aliphatic heterocycles. The molecule has 0 spiro atoms. The number of carbonyl (C=O) groups is 1. The molecule has 2 heterocycles. The molecule has 0 fully saturated rings. The number of hydrogen-bond acceptors (Lipinski definition) is 4. The highest BCUT2D eigenvalue weighted by atomic mass is 127. The van der Waals surface area contributed by atoms with E-state index >= 15 is 0 Å². The minimum atomic E-state index is -0.240. The summed E-state index contributed by atoms with van der Waals surface area (Å²) >= 11 is 2.18. The lowest BCUT2D eigenvalue weighted by Crippen LogP contribution is -2.13. The Morgan fingerprint density at radius 1 is 0.719 bits per heavy atom. The summed E-state index contributed by atoms with van der Waals surface area (Å²) in [7, 11) is 0. The Morgan fingerprint density at radius 3 is 1.94 bits per heavy atom. The number of amides is 1. The quantitative estimate of drug-likeness (QED) is 0.282. The number of nitrogens with one attached hydrogen (secondary N) is 1. The smallest absolute Gasteiger partial charge is 0.256 e. The van der Waals surface area contributed by atoms with Gasteiger partial charge in [-0.15, -0.1) is 0 Å². The molecule has 0 unspecified atom stereocenters. The van der Waals surface area contributed by atoms with Crippen LogP contribution in [0, 0.1) is 3.57 Å². The molecule has 6 heteroatoms. The monoisotopic (exact) mass is 528 g/mol. The third kappa shape index (κ3) is 4.22. The van der Waals surface area contributed by atoms with Gasteiger partial charge in [-0.3, -0.25) is 4.79 Å². The van der Waals surface area contributed by atoms with E-state index in [1.54, 1.807) is 24.4 Å². The molecule has 0 radical (unpaired) electrons. The summed E-state index contributed by atoms with van der Waals surface area (Å²) in [5, 5.41) is 2.83. The molecule has 0 aliphatic rings. The van der Waals surface area contributed by atoms with Crippen LogP contribution in [0.3, 0.4) is 0 Å². The summed E-state index contributed by atoms with van der Waals surface area (Å²) in [6.45, 7) is 0. The van der Waals surface area contributed by atoms with Gasteiger partial charge in [0.2, 0.25) is 0 Å². The maximum absolute atomic E-state index is 12.8. The number of anilines is 1. The molecule has 1 amide bonds. The molecule has 1 N–H and O–H groups in total.